The normalized spacial score (nSPS) is 10.4. The number of amides is 1. The summed E-state index contributed by atoms with van der Waals surface area (Å²) in [7, 11) is 1.63. The Morgan fingerprint density at radius 2 is 1.60 bits per heavy atom. The molecule has 0 aliphatic heterocycles. The topological polar surface area (TPSA) is 81.1 Å². The van der Waals surface area contributed by atoms with E-state index in [2.05, 4.69) is 21.1 Å². The first-order valence-corrected chi connectivity index (χ1v) is 9.49. The van der Waals surface area contributed by atoms with E-state index in [1.807, 2.05) is 72.8 Å². The molecule has 0 saturated heterocycles. The van der Waals surface area contributed by atoms with Crippen LogP contribution in [0.1, 0.15) is 16.1 Å². The van der Waals surface area contributed by atoms with Crippen LogP contribution in [0.5, 0.6) is 5.75 Å². The maximum absolute atomic E-state index is 12.6. The average molecular weight is 399 g/mol. The van der Waals surface area contributed by atoms with Gasteiger partial charge in [-0.2, -0.15) is 4.79 Å². The van der Waals surface area contributed by atoms with Crippen molar-refractivity contribution < 1.29 is 9.53 Å². The Morgan fingerprint density at radius 1 is 0.933 bits per heavy atom. The molecule has 0 saturated carbocycles. The monoisotopic (exact) mass is 399 g/mol. The number of carbonyl (C=O) groups is 1. The number of nitrogens with zero attached hydrogens (tertiary/aromatic N) is 3. The predicted molar refractivity (Wildman–Crippen MR) is 116 cm³/mol. The van der Waals surface area contributed by atoms with Crippen molar-refractivity contribution in [1.29, 1.82) is 0 Å². The highest BCUT2D eigenvalue weighted by Crippen LogP contribution is 2.22. The Bertz CT molecular complexity index is 1110. The van der Waals surface area contributed by atoms with Gasteiger partial charge in [0.15, 0.2) is 0 Å². The van der Waals surface area contributed by atoms with E-state index in [1.54, 1.807) is 19.2 Å². The fourth-order valence-corrected chi connectivity index (χ4v) is 3.02. The number of benzene rings is 3. The maximum Gasteiger partial charge on any atom is 0.271 e. The van der Waals surface area contributed by atoms with Gasteiger partial charge < -0.3 is 10.1 Å². The van der Waals surface area contributed by atoms with Gasteiger partial charge in [0.25, 0.3) is 5.91 Å². The van der Waals surface area contributed by atoms with Crippen LogP contribution in [0, 0.1) is 0 Å². The molecule has 2 N–H and O–H groups in total. The average Bonchev–Trinajstić information content (AvgIpc) is 3.21. The van der Waals surface area contributed by atoms with Crippen LogP contribution in [0.3, 0.4) is 0 Å². The van der Waals surface area contributed by atoms with E-state index in [4.69, 9.17) is 4.74 Å². The fraction of sp³-hybridized carbons (Fsp3) is 0.0870. The van der Waals surface area contributed by atoms with Gasteiger partial charge in [0.05, 0.1) is 13.7 Å². The number of nitrogens with one attached hydrogen (secondary N) is 2. The van der Waals surface area contributed by atoms with Crippen LogP contribution in [-0.4, -0.2) is 28.1 Å². The van der Waals surface area contributed by atoms with Crippen molar-refractivity contribution in [2.45, 2.75) is 6.54 Å². The van der Waals surface area contributed by atoms with Gasteiger partial charge in [-0.15, -0.1) is 5.10 Å². The number of ether oxygens (including phenoxy) is 1. The lowest BCUT2D eigenvalue weighted by molar-refractivity contribution is 0.100. The molecule has 1 amide bonds. The largest absolute Gasteiger partial charge is 0.497 e. The summed E-state index contributed by atoms with van der Waals surface area (Å²) in [5, 5.41) is 11.8. The molecule has 1 aromatic heterocycles. The lowest BCUT2D eigenvalue weighted by Crippen LogP contribution is -2.26. The van der Waals surface area contributed by atoms with Crippen LogP contribution in [0.25, 0.3) is 11.3 Å². The molecular formula is C23H21N5O2. The minimum atomic E-state index is -0.259. The molecule has 0 atom stereocenters. The van der Waals surface area contributed by atoms with Crippen molar-refractivity contribution in [3.63, 3.8) is 0 Å². The number of methoxy groups -OCH3 is 1. The van der Waals surface area contributed by atoms with Crippen LogP contribution in [0.2, 0.25) is 0 Å². The van der Waals surface area contributed by atoms with Crippen LogP contribution in [-0.2, 0) is 6.54 Å². The van der Waals surface area contributed by atoms with Crippen molar-refractivity contribution in [3.8, 4) is 17.0 Å². The summed E-state index contributed by atoms with van der Waals surface area (Å²) < 4.78 is 5.20. The molecule has 0 spiro atoms. The zero-order valence-corrected chi connectivity index (χ0v) is 16.4. The Labute approximate surface area is 174 Å². The number of carbonyl (C=O) groups excluding carboxylic acids is 1. The van der Waals surface area contributed by atoms with Gasteiger partial charge in [-0.25, -0.2) is 5.43 Å². The van der Waals surface area contributed by atoms with E-state index in [-0.39, 0.29) is 5.91 Å². The first kappa shape index (κ1) is 19.2. The molecule has 30 heavy (non-hydrogen) atoms. The summed E-state index contributed by atoms with van der Waals surface area (Å²) in [4.78, 5) is 14.0. The van der Waals surface area contributed by atoms with Gasteiger partial charge >= 0.3 is 0 Å². The van der Waals surface area contributed by atoms with Gasteiger partial charge in [0.1, 0.15) is 17.1 Å². The molecule has 1 heterocycles. The number of aromatic nitrogens is 3. The minimum Gasteiger partial charge on any atom is -0.497 e. The Balaban J connectivity index is 1.61. The SMILES string of the molecule is COc1ccc(NCc2c(-c3ccccc3)nnn2NC(=O)c2ccccc2)cc1. The molecule has 3 aromatic carbocycles. The third kappa shape index (κ3) is 4.30. The zero-order valence-electron chi connectivity index (χ0n) is 16.4. The molecular weight excluding hydrogens is 378 g/mol. The summed E-state index contributed by atoms with van der Waals surface area (Å²) in [6.07, 6.45) is 0. The lowest BCUT2D eigenvalue weighted by Gasteiger charge is -2.12. The van der Waals surface area contributed by atoms with Crippen LogP contribution < -0.4 is 15.5 Å². The molecule has 0 fully saturated rings. The molecule has 4 aromatic rings. The van der Waals surface area contributed by atoms with E-state index < -0.39 is 0 Å². The number of hydrogen-bond donors (Lipinski definition) is 2. The molecule has 0 bridgehead atoms. The molecule has 150 valence electrons. The molecule has 4 rings (SSSR count). The van der Waals surface area contributed by atoms with Crippen molar-refractivity contribution in [2.75, 3.05) is 17.9 Å². The Kier molecular flexibility index (Phi) is 5.70. The van der Waals surface area contributed by atoms with Crippen molar-refractivity contribution in [3.05, 3.63) is 96.2 Å². The highest BCUT2D eigenvalue weighted by molar-refractivity contribution is 5.99. The smallest absolute Gasteiger partial charge is 0.271 e. The van der Waals surface area contributed by atoms with Gasteiger partial charge in [-0.1, -0.05) is 48.5 Å². The highest BCUT2D eigenvalue weighted by atomic mass is 16.5. The van der Waals surface area contributed by atoms with Crippen molar-refractivity contribution in [1.82, 2.24) is 15.1 Å². The summed E-state index contributed by atoms with van der Waals surface area (Å²) in [5.74, 6) is 0.526. The molecule has 0 radical (unpaired) electrons. The second kappa shape index (κ2) is 8.91. The number of hydrogen-bond acceptors (Lipinski definition) is 5. The summed E-state index contributed by atoms with van der Waals surface area (Å²) in [6.45, 7) is 0.415. The standard InChI is InChI=1S/C23H21N5O2/c1-30-20-14-12-19(13-15-20)24-16-21-22(17-8-4-2-5-9-17)25-27-28(21)26-23(29)18-10-6-3-7-11-18/h2-15,24H,16H2,1H3,(H,26,29). The predicted octanol–water partition coefficient (Wildman–Crippen LogP) is 3.95. The maximum atomic E-state index is 12.6. The Hall–Kier alpha value is -4.13. The second-order valence-corrected chi connectivity index (χ2v) is 6.55. The number of anilines is 1. The van der Waals surface area contributed by atoms with E-state index in [9.17, 15) is 4.79 Å². The minimum absolute atomic E-state index is 0.259. The second-order valence-electron chi connectivity index (χ2n) is 6.55. The van der Waals surface area contributed by atoms with Crippen LogP contribution in [0.15, 0.2) is 84.9 Å². The molecule has 0 unspecified atom stereocenters. The van der Waals surface area contributed by atoms with Crippen LogP contribution in [0.4, 0.5) is 5.69 Å². The van der Waals surface area contributed by atoms with E-state index in [1.165, 1.54) is 4.79 Å². The van der Waals surface area contributed by atoms with E-state index in [0.29, 0.717) is 17.8 Å². The molecule has 7 heteroatoms. The van der Waals surface area contributed by atoms with Gasteiger partial charge in [0, 0.05) is 16.8 Å². The van der Waals surface area contributed by atoms with Crippen LogP contribution >= 0.6 is 0 Å². The Morgan fingerprint density at radius 3 is 2.27 bits per heavy atom. The summed E-state index contributed by atoms with van der Waals surface area (Å²) in [6, 6.07) is 26.4. The van der Waals surface area contributed by atoms with Gasteiger partial charge in [-0.05, 0) is 41.6 Å². The van der Waals surface area contributed by atoms with Crippen molar-refractivity contribution >= 4 is 11.6 Å². The summed E-state index contributed by atoms with van der Waals surface area (Å²) in [5.41, 5.74) is 6.63. The molecule has 7 nitrogen and oxygen atoms in total. The highest BCUT2D eigenvalue weighted by Gasteiger charge is 2.17. The fourth-order valence-electron chi connectivity index (χ4n) is 3.02. The lowest BCUT2D eigenvalue weighted by atomic mass is 10.1. The van der Waals surface area contributed by atoms with E-state index >= 15 is 0 Å². The first-order valence-electron chi connectivity index (χ1n) is 9.49. The first-order chi connectivity index (χ1) is 14.7. The number of rotatable bonds is 7. The van der Waals surface area contributed by atoms with Gasteiger partial charge in [0.2, 0.25) is 0 Å². The third-order valence-electron chi connectivity index (χ3n) is 4.60. The third-order valence-corrected chi connectivity index (χ3v) is 4.60. The van der Waals surface area contributed by atoms with Gasteiger partial charge in [-0.3, -0.25) is 4.79 Å². The summed E-state index contributed by atoms with van der Waals surface area (Å²) >= 11 is 0. The zero-order chi connectivity index (χ0) is 20.8. The van der Waals surface area contributed by atoms with E-state index in [0.717, 1.165) is 22.7 Å². The quantitative estimate of drug-likeness (QED) is 0.492. The van der Waals surface area contributed by atoms with Crippen molar-refractivity contribution in [2.24, 2.45) is 0 Å². The molecule has 0 aliphatic carbocycles. The molecule has 0 aliphatic rings.